The zero-order chi connectivity index (χ0) is 19.8. The molecule has 0 amide bonds. The van der Waals surface area contributed by atoms with E-state index in [-0.39, 0.29) is 11.9 Å². The average Bonchev–Trinajstić information content (AvgIpc) is 3.17. The molecule has 0 radical (unpaired) electrons. The van der Waals surface area contributed by atoms with Gasteiger partial charge in [-0.05, 0) is 61.2 Å². The van der Waals surface area contributed by atoms with E-state index in [0.717, 1.165) is 59.8 Å². The van der Waals surface area contributed by atoms with E-state index in [9.17, 15) is 4.39 Å². The van der Waals surface area contributed by atoms with Gasteiger partial charge in [0.05, 0.1) is 17.9 Å². The van der Waals surface area contributed by atoms with Crippen LogP contribution in [-0.4, -0.2) is 21.1 Å². The molecule has 3 heterocycles. The van der Waals surface area contributed by atoms with Crippen LogP contribution in [0.15, 0.2) is 66.9 Å². The number of fused-ring (bicyclic) bond motifs is 1. The van der Waals surface area contributed by atoms with Gasteiger partial charge in [-0.2, -0.15) is 0 Å². The molecule has 1 aliphatic heterocycles. The molecular formula is C23H22FN5. The maximum atomic E-state index is 13.8. The summed E-state index contributed by atoms with van der Waals surface area (Å²) in [5.41, 5.74) is 10.3. The summed E-state index contributed by atoms with van der Waals surface area (Å²) in [6.45, 7) is 0.894. The Hall–Kier alpha value is -3.41. The molecule has 2 aromatic heterocycles. The highest BCUT2D eigenvalue weighted by Crippen LogP contribution is 2.34. The topological polar surface area (TPSA) is 59.5 Å². The predicted octanol–water partition coefficient (Wildman–Crippen LogP) is 4.85. The lowest BCUT2D eigenvalue weighted by molar-refractivity contribution is 0.465. The van der Waals surface area contributed by atoms with Crippen LogP contribution in [0.5, 0.6) is 0 Å². The van der Waals surface area contributed by atoms with Crippen LogP contribution in [0.4, 0.5) is 15.9 Å². The highest BCUT2D eigenvalue weighted by molar-refractivity contribution is 5.65. The van der Waals surface area contributed by atoms with E-state index in [0.29, 0.717) is 0 Å². The van der Waals surface area contributed by atoms with Crippen molar-refractivity contribution >= 4 is 17.2 Å². The first-order valence-corrected chi connectivity index (χ1v) is 9.92. The van der Waals surface area contributed by atoms with Gasteiger partial charge >= 0.3 is 0 Å². The second-order valence-corrected chi connectivity index (χ2v) is 7.49. The number of rotatable bonds is 3. The van der Waals surface area contributed by atoms with Gasteiger partial charge in [-0.15, -0.1) is 5.10 Å². The zero-order valence-corrected chi connectivity index (χ0v) is 16.0. The molecule has 1 atom stereocenters. The monoisotopic (exact) mass is 387 g/mol. The van der Waals surface area contributed by atoms with Crippen molar-refractivity contribution in [2.24, 2.45) is 0 Å². The van der Waals surface area contributed by atoms with Gasteiger partial charge in [0.2, 0.25) is 0 Å². The number of halogens is 1. The quantitative estimate of drug-likeness (QED) is 0.511. The number of nitrogens with zero attached hydrogens (tertiary/aromatic N) is 4. The number of imidazole rings is 1. The molecule has 0 saturated carbocycles. The number of aromatic nitrogens is 3. The van der Waals surface area contributed by atoms with Gasteiger partial charge in [-0.25, -0.2) is 13.9 Å². The van der Waals surface area contributed by atoms with Gasteiger partial charge in [-0.1, -0.05) is 24.3 Å². The van der Waals surface area contributed by atoms with Crippen LogP contribution < -0.4 is 10.6 Å². The van der Waals surface area contributed by atoms with Gasteiger partial charge in [0.25, 0.3) is 0 Å². The molecule has 5 rings (SSSR count). The van der Waals surface area contributed by atoms with E-state index in [1.807, 2.05) is 53.2 Å². The largest absolute Gasteiger partial charge is 0.399 e. The van der Waals surface area contributed by atoms with E-state index < -0.39 is 0 Å². The smallest absolute Gasteiger partial charge is 0.154 e. The van der Waals surface area contributed by atoms with E-state index in [2.05, 4.69) is 9.88 Å². The minimum atomic E-state index is -0.198. The molecule has 29 heavy (non-hydrogen) atoms. The van der Waals surface area contributed by atoms with Gasteiger partial charge in [0.1, 0.15) is 11.6 Å². The number of nitrogens with two attached hydrogens (primary N) is 1. The molecule has 2 aromatic carbocycles. The lowest BCUT2D eigenvalue weighted by Crippen LogP contribution is -2.34. The highest BCUT2D eigenvalue weighted by atomic mass is 19.1. The molecule has 1 unspecified atom stereocenters. The van der Waals surface area contributed by atoms with Crippen LogP contribution in [0.25, 0.3) is 16.9 Å². The lowest BCUT2D eigenvalue weighted by atomic mass is 9.95. The fourth-order valence-corrected chi connectivity index (χ4v) is 4.13. The number of nitrogen functional groups attached to an aromatic ring is 1. The molecule has 146 valence electrons. The fourth-order valence-electron chi connectivity index (χ4n) is 4.13. The Labute approximate surface area is 168 Å². The Morgan fingerprint density at radius 3 is 2.69 bits per heavy atom. The number of piperidine rings is 1. The first kappa shape index (κ1) is 17.7. The van der Waals surface area contributed by atoms with E-state index in [4.69, 9.17) is 10.8 Å². The summed E-state index contributed by atoms with van der Waals surface area (Å²) in [5.74, 6) is 0.679. The van der Waals surface area contributed by atoms with Crippen molar-refractivity contribution in [3.63, 3.8) is 0 Å². The summed E-state index contributed by atoms with van der Waals surface area (Å²) in [5, 5.41) is 4.91. The second-order valence-electron chi connectivity index (χ2n) is 7.49. The molecule has 1 aliphatic rings. The van der Waals surface area contributed by atoms with Gasteiger partial charge in [0.15, 0.2) is 5.65 Å². The summed E-state index contributed by atoms with van der Waals surface area (Å²) < 4.78 is 15.7. The summed E-state index contributed by atoms with van der Waals surface area (Å²) in [6.07, 6.45) is 5.04. The number of hydrogen-bond acceptors (Lipinski definition) is 4. The van der Waals surface area contributed by atoms with Crippen LogP contribution >= 0.6 is 0 Å². The van der Waals surface area contributed by atoms with Crippen LogP contribution in [0.2, 0.25) is 0 Å². The number of benzene rings is 2. The van der Waals surface area contributed by atoms with Crippen molar-refractivity contribution in [2.45, 2.75) is 25.3 Å². The second kappa shape index (κ2) is 7.20. The first-order valence-electron chi connectivity index (χ1n) is 9.92. The Morgan fingerprint density at radius 2 is 1.86 bits per heavy atom. The lowest BCUT2D eigenvalue weighted by Gasteiger charge is -2.37. The average molecular weight is 387 g/mol. The molecule has 5 nitrogen and oxygen atoms in total. The van der Waals surface area contributed by atoms with Crippen molar-refractivity contribution in [3.8, 4) is 11.3 Å². The van der Waals surface area contributed by atoms with Crippen molar-refractivity contribution in [1.29, 1.82) is 0 Å². The van der Waals surface area contributed by atoms with E-state index >= 15 is 0 Å². The van der Waals surface area contributed by atoms with Crippen molar-refractivity contribution in [1.82, 2.24) is 14.6 Å². The van der Waals surface area contributed by atoms with Crippen LogP contribution in [0.3, 0.4) is 0 Å². The molecule has 1 fully saturated rings. The predicted molar refractivity (Wildman–Crippen MR) is 113 cm³/mol. The van der Waals surface area contributed by atoms with Crippen LogP contribution in [-0.2, 0) is 0 Å². The third-order valence-electron chi connectivity index (χ3n) is 5.59. The maximum Gasteiger partial charge on any atom is 0.154 e. The number of hydrogen-bond donors (Lipinski definition) is 1. The zero-order valence-electron chi connectivity index (χ0n) is 16.0. The normalized spacial score (nSPS) is 17.0. The van der Waals surface area contributed by atoms with Crippen molar-refractivity contribution in [2.75, 3.05) is 17.2 Å². The van der Waals surface area contributed by atoms with E-state index in [1.165, 1.54) is 6.07 Å². The third-order valence-corrected chi connectivity index (χ3v) is 5.59. The van der Waals surface area contributed by atoms with Crippen molar-refractivity contribution < 1.29 is 4.39 Å². The third kappa shape index (κ3) is 3.31. The molecule has 0 bridgehead atoms. The number of anilines is 2. The fraction of sp³-hybridized carbons (Fsp3) is 0.217. The summed E-state index contributed by atoms with van der Waals surface area (Å²) in [4.78, 5) is 6.78. The Kier molecular flexibility index (Phi) is 4.39. The Morgan fingerprint density at radius 1 is 1.00 bits per heavy atom. The highest BCUT2D eigenvalue weighted by Gasteiger charge is 2.26. The first-order chi connectivity index (χ1) is 14.2. The summed E-state index contributed by atoms with van der Waals surface area (Å²) in [7, 11) is 0. The summed E-state index contributed by atoms with van der Waals surface area (Å²) >= 11 is 0. The molecule has 6 heteroatoms. The molecule has 0 spiro atoms. The van der Waals surface area contributed by atoms with Gasteiger partial charge < -0.3 is 10.6 Å². The minimum absolute atomic E-state index is 0.118. The standard InChI is InChI=1S/C23H22FN5/c24-18-5-3-4-17(14-18)20-6-1-2-13-28(20)23-12-11-22-26-15-21(29(22)27-23)16-7-9-19(25)10-8-16/h3-5,7-12,14-15,20H,1-2,6,13,25H2. The molecule has 4 aromatic rings. The maximum absolute atomic E-state index is 13.8. The molecule has 0 aliphatic carbocycles. The van der Waals surface area contributed by atoms with Crippen LogP contribution in [0.1, 0.15) is 30.9 Å². The molecular weight excluding hydrogens is 365 g/mol. The van der Waals surface area contributed by atoms with E-state index in [1.54, 1.807) is 12.1 Å². The summed E-state index contributed by atoms with van der Waals surface area (Å²) in [6, 6.07) is 18.7. The Balaban J connectivity index is 1.56. The van der Waals surface area contributed by atoms with Crippen molar-refractivity contribution in [3.05, 3.63) is 78.2 Å². The molecule has 1 saturated heterocycles. The van der Waals surface area contributed by atoms with Gasteiger partial charge in [-0.3, -0.25) is 0 Å². The minimum Gasteiger partial charge on any atom is -0.399 e. The SMILES string of the molecule is Nc1ccc(-c2cnc3ccc(N4CCCCC4c4cccc(F)c4)nn23)cc1. The van der Waals surface area contributed by atoms with Crippen LogP contribution in [0, 0.1) is 5.82 Å². The van der Waals surface area contributed by atoms with Gasteiger partial charge in [0, 0.05) is 17.8 Å². The molecule has 2 N–H and O–H groups in total. The Bertz CT molecular complexity index is 1150.